The maximum Gasteiger partial charge on any atom is 0.270 e. The lowest BCUT2D eigenvalue weighted by atomic mass is 10.1. The Kier molecular flexibility index (Phi) is 4.73. The lowest BCUT2D eigenvalue weighted by Gasteiger charge is -2.07. The van der Waals surface area contributed by atoms with E-state index in [9.17, 15) is 20.0 Å². The summed E-state index contributed by atoms with van der Waals surface area (Å²) < 4.78 is 0.929. The summed E-state index contributed by atoms with van der Waals surface area (Å²) in [6, 6.07) is 10.7. The van der Waals surface area contributed by atoms with E-state index in [1.807, 2.05) is 6.07 Å². The number of nitrogens with one attached hydrogen (secondary N) is 1. The molecule has 0 aliphatic carbocycles. The smallest absolute Gasteiger partial charge is 0.270 e. The Labute approximate surface area is 134 Å². The Morgan fingerprint density at radius 2 is 2.05 bits per heavy atom. The van der Waals surface area contributed by atoms with Crippen molar-refractivity contribution in [2.45, 2.75) is 6.54 Å². The lowest BCUT2D eigenvalue weighted by molar-refractivity contribution is -0.384. The first-order chi connectivity index (χ1) is 9.97. The Balaban J connectivity index is 2.11. The summed E-state index contributed by atoms with van der Waals surface area (Å²) in [6.45, 7) is 0.0117. The second-order valence-corrected chi connectivity index (χ2v) is 5.51. The molecule has 0 saturated carbocycles. The predicted octanol–water partition coefficient (Wildman–Crippen LogP) is 2.84. The van der Waals surface area contributed by atoms with Crippen molar-refractivity contribution < 1.29 is 14.8 Å². The van der Waals surface area contributed by atoms with E-state index in [0.29, 0.717) is 11.1 Å². The quantitative estimate of drug-likeness (QED) is 0.471. The maximum atomic E-state index is 12.0. The Bertz CT molecular complexity index is 703. The van der Waals surface area contributed by atoms with Gasteiger partial charge < -0.3 is 10.4 Å². The second-order valence-electron chi connectivity index (χ2n) is 4.26. The first-order valence-electron chi connectivity index (χ1n) is 5.97. The number of hydrogen-bond donors (Lipinski definition) is 2. The van der Waals surface area contributed by atoms with Crippen LogP contribution in [0.15, 0.2) is 42.5 Å². The Morgan fingerprint density at radius 1 is 1.29 bits per heavy atom. The van der Waals surface area contributed by atoms with Crippen molar-refractivity contribution in [2.24, 2.45) is 0 Å². The summed E-state index contributed by atoms with van der Waals surface area (Å²) in [4.78, 5) is 22.1. The van der Waals surface area contributed by atoms with E-state index < -0.39 is 4.92 Å². The number of nitro groups is 1. The summed E-state index contributed by atoms with van der Waals surface area (Å²) in [6.07, 6.45) is 0. The van der Waals surface area contributed by atoms with E-state index >= 15 is 0 Å². The van der Waals surface area contributed by atoms with Crippen LogP contribution in [0.3, 0.4) is 0 Å². The van der Waals surface area contributed by atoms with Crippen LogP contribution in [-0.2, 0) is 6.54 Å². The number of halogens is 1. The minimum Gasteiger partial charge on any atom is -0.508 e. The number of nitro benzene ring substituents is 1. The van der Waals surface area contributed by atoms with Crippen LogP contribution in [0.5, 0.6) is 5.75 Å². The number of hydrogen-bond acceptors (Lipinski definition) is 4. The molecule has 2 aromatic carbocycles. The fourth-order valence-corrected chi connectivity index (χ4v) is 2.28. The van der Waals surface area contributed by atoms with Gasteiger partial charge >= 0.3 is 0 Å². The van der Waals surface area contributed by atoms with Gasteiger partial charge in [0.15, 0.2) is 0 Å². The van der Waals surface area contributed by atoms with Gasteiger partial charge in [0, 0.05) is 33.4 Å². The molecule has 0 unspecified atom stereocenters. The Hall–Kier alpha value is -2.16. The number of aromatic hydroxyl groups is 1. The molecule has 0 spiro atoms. The highest BCUT2D eigenvalue weighted by Gasteiger charge is 2.12. The molecule has 108 valence electrons. The molecule has 0 radical (unpaired) electrons. The number of phenols is 1. The molecule has 0 aromatic heterocycles. The molecular formula is C14H11IN2O4. The van der Waals surface area contributed by atoms with E-state index in [1.165, 1.54) is 18.2 Å². The van der Waals surface area contributed by atoms with Crippen LogP contribution in [-0.4, -0.2) is 15.9 Å². The van der Waals surface area contributed by atoms with Gasteiger partial charge in [0.05, 0.1) is 4.92 Å². The molecule has 6 nitrogen and oxygen atoms in total. The zero-order chi connectivity index (χ0) is 15.4. The summed E-state index contributed by atoms with van der Waals surface area (Å²) in [7, 11) is 0. The maximum absolute atomic E-state index is 12.0. The average Bonchev–Trinajstić information content (AvgIpc) is 2.45. The van der Waals surface area contributed by atoms with Gasteiger partial charge in [-0.2, -0.15) is 0 Å². The standard InChI is InChI=1S/C14H11IN2O4/c15-11-3-1-2-9(6-11)14(19)16-8-10-7-12(17(20)21)4-5-13(10)18/h1-7,18H,8H2,(H,16,19). The number of carbonyl (C=O) groups excluding carboxylic acids is 1. The van der Waals surface area contributed by atoms with Crippen molar-refractivity contribution >= 4 is 34.2 Å². The third kappa shape index (κ3) is 3.91. The molecule has 0 aliphatic rings. The van der Waals surface area contributed by atoms with Crippen LogP contribution in [0.2, 0.25) is 0 Å². The van der Waals surface area contributed by atoms with Crippen LogP contribution < -0.4 is 5.32 Å². The molecule has 0 fully saturated rings. The first kappa shape index (κ1) is 15.2. The molecule has 1 amide bonds. The number of phenolic OH excluding ortho intramolecular Hbond substituents is 1. The fourth-order valence-electron chi connectivity index (χ4n) is 1.73. The second kappa shape index (κ2) is 6.53. The van der Waals surface area contributed by atoms with Crippen LogP contribution >= 0.6 is 22.6 Å². The van der Waals surface area contributed by atoms with Crippen LogP contribution in [0.25, 0.3) is 0 Å². The van der Waals surface area contributed by atoms with Crippen molar-refractivity contribution in [1.82, 2.24) is 5.32 Å². The molecule has 0 bridgehead atoms. The minimum absolute atomic E-state index is 0.0117. The molecule has 0 aliphatic heterocycles. The highest BCUT2D eigenvalue weighted by atomic mass is 127. The van der Waals surface area contributed by atoms with E-state index in [1.54, 1.807) is 18.2 Å². The third-order valence-corrected chi connectivity index (χ3v) is 3.47. The van der Waals surface area contributed by atoms with Gasteiger partial charge in [0.25, 0.3) is 11.6 Å². The van der Waals surface area contributed by atoms with Crippen molar-refractivity contribution in [2.75, 3.05) is 0 Å². The molecule has 2 rings (SSSR count). The zero-order valence-corrected chi connectivity index (χ0v) is 12.9. The fraction of sp³-hybridized carbons (Fsp3) is 0.0714. The highest BCUT2D eigenvalue weighted by molar-refractivity contribution is 14.1. The molecule has 0 heterocycles. The number of nitrogens with zero attached hydrogens (tertiary/aromatic N) is 1. The van der Waals surface area contributed by atoms with E-state index in [-0.39, 0.29) is 23.9 Å². The van der Waals surface area contributed by atoms with E-state index in [2.05, 4.69) is 27.9 Å². The summed E-state index contributed by atoms with van der Waals surface area (Å²) in [5.74, 6) is -0.400. The number of rotatable bonds is 4. The van der Waals surface area contributed by atoms with Gasteiger partial charge in [-0.15, -0.1) is 0 Å². The SMILES string of the molecule is O=C(NCc1cc([N+](=O)[O-])ccc1O)c1cccc(I)c1. The third-order valence-electron chi connectivity index (χ3n) is 2.80. The molecule has 2 N–H and O–H groups in total. The van der Waals surface area contributed by atoms with E-state index in [4.69, 9.17) is 0 Å². The van der Waals surface area contributed by atoms with Gasteiger partial charge in [-0.25, -0.2) is 0 Å². The van der Waals surface area contributed by atoms with Gasteiger partial charge in [0.1, 0.15) is 5.75 Å². The average molecular weight is 398 g/mol. The molecule has 21 heavy (non-hydrogen) atoms. The molecule has 7 heteroatoms. The molecule has 0 atom stereocenters. The van der Waals surface area contributed by atoms with Gasteiger partial charge in [0.2, 0.25) is 0 Å². The van der Waals surface area contributed by atoms with Gasteiger partial charge in [-0.1, -0.05) is 6.07 Å². The van der Waals surface area contributed by atoms with Crippen molar-refractivity contribution in [3.05, 3.63) is 67.3 Å². The summed E-state index contributed by atoms with van der Waals surface area (Å²) in [5.41, 5.74) is 0.654. The largest absolute Gasteiger partial charge is 0.508 e. The number of non-ortho nitro benzene ring substituents is 1. The lowest BCUT2D eigenvalue weighted by Crippen LogP contribution is -2.22. The van der Waals surface area contributed by atoms with Crippen molar-refractivity contribution in [3.63, 3.8) is 0 Å². The summed E-state index contributed by atoms with van der Waals surface area (Å²) >= 11 is 2.10. The van der Waals surface area contributed by atoms with E-state index in [0.717, 1.165) is 3.57 Å². The van der Waals surface area contributed by atoms with Crippen LogP contribution in [0.1, 0.15) is 15.9 Å². The Morgan fingerprint density at radius 3 is 2.71 bits per heavy atom. The molecular weight excluding hydrogens is 387 g/mol. The zero-order valence-electron chi connectivity index (χ0n) is 10.7. The summed E-state index contributed by atoms with van der Waals surface area (Å²) in [5, 5.41) is 23.0. The number of amides is 1. The molecule has 0 saturated heterocycles. The van der Waals surface area contributed by atoms with Crippen molar-refractivity contribution in [1.29, 1.82) is 0 Å². The minimum atomic E-state index is -0.551. The topological polar surface area (TPSA) is 92.5 Å². The normalized spacial score (nSPS) is 10.1. The highest BCUT2D eigenvalue weighted by Crippen LogP contribution is 2.22. The van der Waals surface area contributed by atoms with Crippen molar-refractivity contribution in [3.8, 4) is 5.75 Å². The van der Waals surface area contributed by atoms with Crippen LogP contribution in [0, 0.1) is 13.7 Å². The van der Waals surface area contributed by atoms with Gasteiger partial charge in [-0.3, -0.25) is 14.9 Å². The van der Waals surface area contributed by atoms with Gasteiger partial charge in [-0.05, 0) is 46.9 Å². The predicted molar refractivity (Wildman–Crippen MR) is 85.1 cm³/mol. The first-order valence-corrected chi connectivity index (χ1v) is 7.05. The number of carbonyl (C=O) groups is 1. The molecule has 2 aromatic rings. The van der Waals surface area contributed by atoms with Crippen LogP contribution in [0.4, 0.5) is 5.69 Å². The monoisotopic (exact) mass is 398 g/mol. The number of benzene rings is 2.